The van der Waals surface area contributed by atoms with Crippen LogP contribution in [0.15, 0.2) is 54.6 Å². The van der Waals surface area contributed by atoms with Crippen LogP contribution in [0.3, 0.4) is 0 Å². The zero-order valence-electron chi connectivity index (χ0n) is 21.6. The Bertz CT molecular complexity index is 1130. The van der Waals surface area contributed by atoms with E-state index in [2.05, 4.69) is 10.4 Å². The molecule has 1 aliphatic rings. The Labute approximate surface area is 225 Å². The van der Waals surface area contributed by atoms with E-state index in [1.165, 1.54) is 33.1 Å². The van der Waals surface area contributed by atoms with Crippen molar-refractivity contribution in [3.8, 4) is 11.5 Å². The minimum Gasteiger partial charge on any atom is -0.497 e. The summed E-state index contributed by atoms with van der Waals surface area (Å²) in [6.07, 6.45) is -6.31. The number of methoxy groups -OCH3 is 1. The van der Waals surface area contributed by atoms with E-state index in [9.17, 15) is 29.5 Å². The first-order valence-electron chi connectivity index (χ1n) is 12.0. The van der Waals surface area contributed by atoms with Crippen molar-refractivity contribution >= 4 is 19.6 Å². The van der Waals surface area contributed by atoms with Gasteiger partial charge in [0.1, 0.15) is 48.5 Å². The maximum Gasteiger partial charge on any atom is 0.459 e. The highest BCUT2D eigenvalue weighted by Gasteiger charge is 2.45. The summed E-state index contributed by atoms with van der Waals surface area (Å²) in [6, 6.07) is 12.6. The highest BCUT2D eigenvalue weighted by Crippen LogP contribution is 2.45. The molecule has 2 aromatic rings. The van der Waals surface area contributed by atoms with E-state index in [1.807, 2.05) is 6.07 Å². The molecular weight excluding hydrogens is 535 g/mol. The summed E-state index contributed by atoms with van der Waals surface area (Å²) in [7, 11) is -2.88. The predicted octanol–water partition coefficient (Wildman–Crippen LogP) is 0.864. The second-order valence-corrected chi connectivity index (χ2v) is 10.5. The molecule has 13 nitrogen and oxygen atoms in total. The smallest absolute Gasteiger partial charge is 0.459 e. The summed E-state index contributed by atoms with van der Waals surface area (Å²) in [5, 5.41) is 35.8. The third-order valence-electron chi connectivity index (χ3n) is 5.71. The van der Waals surface area contributed by atoms with Crippen molar-refractivity contribution in [2.24, 2.45) is 0 Å². The molecule has 0 radical (unpaired) electrons. The molecule has 0 aromatic heterocycles. The van der Waals surface area contributed by atoms with Gasteiger partial charge in [0, 0.05) is 6.92 Å². The Morgan fingerprint density at radius 1 is 1.03 bits per heavy atom. The standard InChI is InChI=1S/C25H33N2O11P/c1-15(24(31)35-13-17-7-5-4-6-8-17)27-39(33,38-19-11-9-18(34-3)10-12-19)36-14-20-22(29)23(30)21(25(32)37-20)26-16(2)28/h4-12,15,20-23,25,29-30,32H,13-14H2,1-3H3,(H,26,28)(H,27,33)/t15-,20-,21-,22-,23-,25-,39?/m0/s1. The monoisotopic (exact) mass is 568 g/mol. The fourth-order valence-electron chi connectivity index (χ4n) is 3.65. The number of hydrogen-bond acceptors (Lipinski definition) is 11. The topological polar surface area (TPSA) is 182 Å². The number of aliphatic hydroxyl groups is 3. The van der Waals surface area contributed by atoms with Gasteiger partial charge in [-0.25, -0.2) is 4.57 Å². The fourth-order valence-corrected chi connectivity index (χ4v) is 5.16. The van der Waals surface area contributed by atoms with Crippen LogP contribution in [0.2, 0.25) is 0 Å². The maximum absolute atomic E-state index is 13.7. The number of nitrogens with one attached hydrogen (secondary N) is 2. The van der Waals surface area contributed by atoms with E-state index in [0.29, 0.717) is 5.75 Å². The first kappa shape index (κ1) is 30.5. The van der Waals surface area contributed by atoms with Crippen molar-refractivity contribution < 1.29 is 52.7 Å². The summed E-state index contributed by atoms with van der Waals surface area (Å²) in [5.74, 6) is -0.677. The molecule has 7 atom stereocenters. The van der Waals surface area contributed by atoms with Crippen LogP contribution in [0.5, 0.6) is 11.5 Å². The van der Waals surface area contributed by atoms with Gasteiger partial charge in [0.2, 0.25) is 5.91 Å². The minimum absolute atomic E-state index is 0.0104. The Morgan fingerprint density at radius 2 is 1.67 bits per heavy atom. The number of rotatable bonds is 12. The molecule has 1 fully saturated rings. The molecule has 3 rings (SSSR count). The van der Waals surface area contributed by atoms with E-state index >= 15 is 0 Å². The molecule has 14 heteroatoms. The van der Waals surface area contributed by atoms with E-state index in [4.69, 9.17) is 23.3 Å². The molecule has 0 aliphatic carbocycles. The Hall–Kier alpha value is -3.03. The predicted molar refractivity (Wildman–Crippen MR) is 137 cm³/mol. The molecule has 39 heavy (non-hydrogen) atoms. The zero-order valence-corrected chi connectivity index (χ0v) is 22.5. The lowest BCUT2D eigenvalue weighted by molar-refractivity contribution is -0.252. The Kier molecular flexibility index (Phi) is 10.8. The third-order valence-corrected chi connectivity index (χ3v) is 7.36. The first-order chi connectivity index (χ1) is 18.5. The van der Waals surface area contributed by atoms with Crippen molar-refractivity contribution in [3.05, 3.63) is 60.2 Å². The van der Waals surface area contributed by atoms with Crippen LogP contribution < -0.4 is 19.7 Å². The number of esters is 1. The van der Waals surface area contributed by atoms with Crippen LogP contribution >= 0.6 is 7.75 Å². The van der Waals surface area contributed by atoms with Crippen molar-refractivity contribution in [1.29, 1.82) is 0 Å². The van der Waals surface area contributed by atoms with Gasteiger partial charge in [-0.3, -0.25) is 14.1 Å². The number of amides is 1. The van der Waals surface area contributed by atoms with Crippen molar-refractivity contribution in [2.45, 2.75) is 57.1 Å². The number of ether oxygens (including phenoxy) is 3. The lowest BCUT2D eigenvalue weighted by atomic mass is 9.97. The van der Waals surface area contributed by atoms with E-state index < -0.39 is 62.9 Å². The molecule has 2 aromatic carbocycles. The highest BCUT2D eigenvalue weighted by molar-refractivity contribution is 7.52. The zero-order chi connectivity index (χ0) is 28.6. The second kappa shape index (κ2) is 13.9. The van der Waals surface area contributed by atoms with Crippen LogP contribution in [0.25, 0.3) is 0 Å². The van der Waals surface area contributed by atoms with Crippen molar-refractivity contribution in [1.82, 2.24) is 10.4 Å². The molecule has 1 unspecified atom stereocenters. The summed E-state index contributed by atoms with van der Waals surface area (Å²) >= 11 is 0. The molecule has 0 saturated carbocycles. The normalized spacial score (nSPS) is 25.1. The molecule has 1 amide bonds. The Morgan fingerprint density at radius 3 is 2.28 bits per heavy atom. The van der Waals surface area contributed by atoms with Crippen LogP contribution in [0.1, 0.15) is 19.4 Å². The van der Waals surface area contributed by atoms with E-state index in [0.717, 1.165) is 5.56 Å². The van der Waals surface area contributed by atoms with Crippen LogP contribution in [0, 0.1) is 0 Å². The van der Waals surface area contributed by atoms with Gasteiger partial charge in [0.25, 0.3) is 0 Å². The lowest BCUT2D eigenvalue weighted by Gasteiger charge is -2.40. The van der Waals surface area contributed by atoms with E-state index in [-0.39, 0.29) is 12.4 Å². The molecule has 1 aliphatic heterocycles. The summed E-state index contributed by atoms with van der Waals surface area (Å²) < 4.78 is 40.5. The minimum atomic E-state index is -4.36. The number of carbonyl (C=O) groups excluding carboxylic acids is 2. The number of carbonyl (C=O) groups is 2. The molecular formula is C25H33N2O11P. The largest absolute Gasteiger partial charge is 0.497 e. The summed E-state index contributed by atoms with van der Waals surface area (Å²) in [4.78, 5) is 23.9. The van der Waals surface area contributed by atoms with Crippen LogP contribution in [-0.4, -0.2) is 77.6 Å². The average Bonchev–Trinajstić information content (AvgIpc) is 2.91. The molecule has 214 valence electrons. The molecule has 0 bridgehead atoms. The van der Waals surface area contributed by atoms with Gasteiger partial charge in [-0.05, 0) is 36.8 Å². The van der Waals surface area contributed by atoms with Gasteiger partial charge in [-0.15, -0.1) is 0 Å². The van der Waals surface area contributed by atoms with Crippen LogP contribution in [-0.2, 0) is 34.8 Å². The van der Waals surface area contributed by atoms with Gasteiger partial charge in [0.15, 0.2) is 6.29 Å². The Balaban J connectivity index is 1.70. The SMILES string of the molecule is COc1ccc(OP(=O)(N[C@@H](C)C(=O)OCc2ccccc2)OC[C@@H]2O[C@H](O)[C@@H](NC(C)=O)[C@H](O)[C@H]2O)cc1. The first-order valence-corrected chi connectivity index (χ1v) is 13.6. The summed E-state index contributed by atoms with van der Waals surface area (Å²) in [5.41, 5.74) is 0.755. The number of aliphatic hydroxyl groups excluding tert-OH is 3. The second-order valence-electron chi connectivity index (χ2n) is 8.78. The molecule has 0 spiro atoms. The van der Waals surface area contributed by atoms with Crippen LogP contribution in [0.4, 0.5) is 0 Å². The van der Waals surface area contributed by atoms with Crippen molar-refractivity contribution in [3.63, 3.8) is 0 Å². The van der Waals surface area contributed by atoms with Gasteiger partial charge < -0.3 is 39.4 Å². The van der Waals surface area contributed by atoms with Gasteiger partial charge in [-0.2, -0.15) is 5.09 Å². The van der Waals surface area contributed by atoms with Gasteiger partial charge in [-0.1, -0.05) is 30.3 Å². The maximum atomic E-state index is 13.7. The number of benzene rings is 2. The lowest BCUT2D eigenvalue weighted by Crippen LogP contribution is -2.64. The molecule has 1 heterocycles. The van der Waals surface area contributed by atoms with Crippen molar-refractivity contribution in [2.75, 3.05) is 13.7 Å². The molecule has 1 saturated heterocycles. The molecule has 5 N–H and O–H groups in total. The van der Waals surface area contributed by atoms with Gasteiger partial charge >= 0.3 is 13.7 Å². The summed E-state index contributed by atoms with van der Waals surface area (Å²) in [6.45, 7) is 1.93. The average molecular weight is 569 g/mol. The van der Waals surface area contributed by atoms with E-state index in [1.54, 1.807) is 36.4 Å². The quantitative estimate of drug-likeness (QED) is 0.180. The highest BCUT2D eigenvalue weighted by atomic mass is 31.2. The van der Waals surface area contributed by atoms with Gasteiger partial charge in [0.05, 0.1) is 13.7 Å². The number of hydrogen-bond donors (Lipinski definition) is 5. The third kappa shape index (κ3) is 8.73. The fraction of sp³-hybridized carbons (Fsp3) is 0.440.